The Morgan fingerprint density at radius 1 is 1.21 bits per heavy atom. The zero-order valence-electron chi connectivity index (χ0n) is 16.8. The molecule has 1 atom stereocenters. The second-order valence-corrected chi connectivity index (χ2v) is 9.37. The molecule has 7 nitrogen and oxygen atoms in total. The third-order valence-electron chi connectivity index (χ3n) is 5.68. The van der Waals surface area contributed by atoms with Gasteiger partial charge in [0, 0.05) is 37.7 Å². The van der Waals surface area contributed by atoms with Crippen LogP contribution in [0.5, 0.6) is 5.88 Å². The van der Waals surface area contributed by atoms with Crippen LogP contribution in [-0.4, -0.2) is 58.8 Å². The normalized spacial score (nSPS) is 20.1. The predicted octanol–water partition coefficient (Wildman–Crippen LogP) is 2.43. The second-order valence-electron chi connectivity index (χ2n) is 7.69. The van der Waals surface area contributed by atoms with Crippen LogP contribution in [0, 0.1) is 0 Å². The zero-order valence-corrected chi connectivity index (χ0v) is 17.7. The fourth-order valence-corrected chi connectivity index (χ4v) is 4.92. The van der Waals surface area contributed by atoms with E-state index in [4.69, 9.17) is 9.47 Å². The van der Waals surface area contributed by atoms with Gasteiger partial charge in [-0.25, -0.2) is 13.4 Å². The van der Waals surface area contributed by atoms with Crippen LogP contribution in [0.4, 0.5) is 5.69 Å². The lowest BCUT2D eigenvalue weighted by Gasteiger charge is -2.15. The number of aromatic nitrogens is 1. The first-order valence-corrected chi connectivity index (χ1v) is 11.4. The van der Waals surface area contributed by atoms with Gasteiger partial charge in [0.1, 0.15) is 5.69 Å². The molecule has 0 aliphatic carbocycles. The van der Waals surface area contributed by atoms with Crippen molar-refractivity contribution < 1.29 is 17.9 Å². The lowest BCUT2D eigenvalue weighted by Crippen LogP contribution is -2.20. The van der Waals surface area contributed by atoms with E-state index in [1.807, 2.05) is 18.2 Å². The number of ether oxygens (including phenoxy) is 2. The molecule has 0 saturated carbocycles. The molecular formula is C21H27N3O4S. The summed E-state index contributed by atoms with van der Waals surface area (Å²) in [6, 6.07) is 8.90. The van der Waals surface area contributed by atoms with Crippen LogP contribution in [0.15, 0.2) is 35.2 Å². The van der Waals surface area contributed by atoms with Crippen LogP contribution in [0.25, 0.3) is 0 Å². The lowest BCUT2D eigenvalue weighted by molar-refractivity contribution is 0.194. The van der Waals surface area contributed by atoms with Crippen molar-refractivity contribution in [1.29, 1.82) is 0 Å². The molecule has 2 aliphatic heterocycles. The van der Waals surface area contributed by atoms with Crippen molar-refractivity contribution in [3.8, 4) is 5.88 Å². The van der Waals surface area contributed by atoms with Gasteiger partial charge in [-0.05, 0) is 49.2 Å². The van der Waals surface area contributed by atoms with Gasteiger partial charge in [0.25, 0.3) is 10.0 Å². The summed E-state index contributed by atoms with van der Waals surface area (Å²) in [5.74, 6) is 0.642. The summed E-state index contributed by atoms with van der Waals surface area (Å²) in [5.41, 5.74) is 3.51. The lowest BCUT2D eigenvalue weighted by atomic mass is 9.99. The van der Waals surface area contributed by atoms with E-state index in [9.17, 15) is 8.42 Å². The van der Waals surface area contributed by atoms with E-state index < -0.39 is 10.0 Å². The molecule has 3 heterocycles. The molecular weight excluding hydrogens is 390 g/mol. The number of sulfonamides is 1. The fraction of sp³-hybridized carbons (Fsp3) is 0.476. The van der Waals surface area contributed by atoms with E-state index in [-0.39, 0.29) is 4.90 Å². The molecule has 1 N–H and O–H groups in total. The van der Waals surface area contributed by atoms with Gasteiger partial charge in [0.15, 0.2) is 0 Å². The number of nitrogens with zero attached hydrogens (tertiary/aromatic N) is 2. The van der Waals surface area contributed by atoms with Crippen molar-refractivity contribution in [3.05, 3.63) is 47.2 Å². The number of methoxy groups -OCH3 is 1. The van der Waals surface area contributed by atoms with Crippen molar-refractivity contribution in [2.24, 2.45) is 0 Å². The van der Waals surface area contributed by atoms with Crippen molar-refractivity contribution >= 4 is 15.7 Å². The Morgan fingerprint density at radius 2 is 1.97 bits per heavy atom. The summed E-state index contributed by atoms with van der Waals surface area (Å²) in [5, 5.41) is 0. The molecule has 1 fully saturated rings. The smallest absolute Gasteiger partial charge is 0.262 e. The maximum Gasteiger partial charge on any atom is 0.262 e. The van der Waals surface area contributed by atoms with Gasteiger partial charge in [-0.15, -0.1) is 0 Å². The average Bonchev–Trinajstić information content (AvgIpc) is 3.20. The molecule has 0 bridgehead atoms. The van der Waals surface area contributed by atoms with Crippen LogP contribution in [-0.2, 0) is 27.6 Å². The highest BCUT2D eigenvalue weighted by atomic mass is 32.2. The molecule has 0 radical (unpaired) electrons. The van der Waals surface area contributed by atoms with Gasteiger partial charge in [-0.1, -0.05) is 12.1 Å². The van der Waals surface area contributed by atoms with Crippen molar-refractivity contribution in [2.75, 3.05) is 45.2 Å². The minimum atomic E-state index is -3.74. The summed E-state index contributed by atoms with van der Waals surface area (Å²) in [6.45, 7) is 3.29. The molecule has 8 heteroatoms. The Kier molecular flexibility index (Phi) is 5.76. The summed E-state index contributed by atoms with van der Waals surface area (Å²) in [6.07, 6.45) is 2.62. The number of pyridine rings is 1. The highest BCUT2D eigenvalue weighted by Crippen LogP contribution is 2.30. The van der Waals surface area contributed by atoms with Crippen molar-refractivity contribution in [2.45, 2.75) is 30.1 Å². The Balaban J connectivity index is 1.59. The number of benzene rings is 1. The van der Waals surface area contributed by atoms with Crippen molar-refractivity contribution in [3.63, 3.8) is 0 Å². The number of hydrogen-bond acceptors (Lipinski definition) is 6. The van der Waals surface area contributed by atoms with Gasteiger partial charge in [0.05, 0.1) is 18.6 Å². The number of rotatable bonds is 5. The van der Waals surface area contributed by atoms with Crippen LogP contribution >= 0.6 is 0 Å². The maximum absolute atomic E-state index is 13.0. The number of hydrogen-bond donors (Lipinski definition) is 1. The molecule has 2 aromatic rings. The fourth-order valence-electron chi connectivity index (χ4n) is 3.88. The van der Waals surface area contributed by atoms with E-state index in [1.165, 1.54) is 7.11 Å². The molecule has 29 heavy (non-hydrogen) atoms. The van der Waals surface area contributed by atoms with E-state index in [2.05, 4.69) is 21.7 Å². The molecule has 1 aromatic heterocycles. The highest BCUT2D eigenvalue weighted by molar-refractivity contribution is 7.92. The van der Waals surface area contributed by atoms with Crippen LogP contribution in [0.3, 0.4) is 0 Å². The number of nitrogens with one attached hydrogen (secondary N) is 1. The Bertz CT molecular complexity index is 970. The molecule has 1 saturated heterocycles. The molecule has 156 valence electrons. The van der Waals surface area contributed by atoms with E-state index in [0.717, 1.165) is 55.8 Å². The van der Waals surface area contributed by atoms with Gasteiger partial charge in [-0.2, -0.15) is 0 Å². The first-order valence-electron chi connectivity index (χ1n) is 9.92. The molecule has 2 aliphatic rings. The van der Waals surface area contributed by atoms with Gasteiger partial charge < -0.3 is 14.4 Å². The Morgan fingerprint density at radius 3 is 2.66 bits per heavy atom. The van der Waals surface area contributed by atoms with E-state index in [0.29, 0.717) is 24.1 Å². The number of likely N-dealkylation sites (N-methyl/N-ethyl adjacent to an activating group) is 1. The van der Waals surface area contributed by atoms with Crippen LogP contribution in [0.1, 0.15) is 29.2 Å². The largest absolute Gasteiger partial charge is 0.479 e. The first-order chi connectivity index (χ1) is 14.0. The number of fused-ring (bicyclic) bond motifs is 1. The van der Waals surface area contributed by atoms with Crippen molar-refractivity contribution in [1.82, 2.24) is 9.88 Å². The molecule has 1 unspecified atom stereocenters. The van der Waals surface area contributed by atoms with Crippen LogP contribution in [0.2, 0.25) is 0 Å². The topological polar surface area (TPSA) is 80.8 Å². The molecule has 0 spiro atoms. The second kappa shape index (κ2) is 8.30. The third kappa shape index (κ3) is 4.39. The Labute approximate surface area is 172 Å². The maximum atomic E-state index is 13.0. The summed E-state index contributed by atoms with van der Waals surface area (Å²) < 4.78 is 39.4. The monoisotopic (exact) mass is 417 g/mol. The molecule has 0 amide bonds. The standard InChI is InChI=1S/C21H27N3O4S/c1-24-10-7-16-13-20(21(27-2)22-19(16)8-11-24)23-29(25,26)18-5-3-15(4-6-18)17-9-12-28-14-17/h3-6,13,17,23H,7-12,14H2,1-2H3. The van der Waals surface area contributed by atoms with E-state index in [1.54, 1.807) is 12.1 Å². The first kappa shape index (κ1) is 20.1. The van der Waals surface area contributed by atoms with E-state index >= 15 is 0 Å². The minimum absolute atomic E-state index is 0.219. The third-order valence-corrected chi connectivity index (χ3v) is 7.06. The Hall–Kier alpha value is -2.16. The highest BCUT2D eigenvalue weighted by Gasteiger charge is 2.22. The molecule has 1 aromatic carbocycles. The summed E-state index contributed by atoms with van der Waals surface area (Å²) in [7, 11) is -0.159. The zero-order chi connectivity index (χ0) is 20.4. The van der Waals surface area contributed by atoms with Gasteiger partial charge >= 0.3 is 0 Å². The van der Waals surface area contributed by atoms with Crippen LogP contribution < -0.4 is 9.46 Å². The predicted molar refractivity (Wildman–Crippen MR) is 111 cm³/mol. The quantitative estimate of drug-likeness (QED) is 0.805. The molecule has 4 rings (SSSR count). The minimum Gasteiger partial charge on any atom is -0.479 e. The average molecular weight is 418 g/mol. The number of anilines is 1. The SMILES string of the molecule is COc1nc2c(cc1NS(=O)(=O)c1ccc(C3CCOC3)cc1)CCN(C)CC2. The van der Waals surface area contributed by atoms with Gasteiger partial charge in [-0.3, -0.25) is 4.72 Å². The summed E-state index contributed by atoms with van der Waals surface area (Å²) in [4.78, 5) is 7.05. The summed E-state index contributed by atoms with van der Waals surface area (Å²) >= 11 is 0. The van der Waals surface area contributed by atoms with Gasteiger partial charge in [0.2, 0.25) is 5.88 Å².